The van der Waals surface area contributed by atoms with E-state index in [9.17, 15) is 38.4 Å². The quantitative estimate of drug-likeness (QED) is 0.0262. The molecule has 0 aromatic heterocycles. The third-order valence-corrected chi connectivity index (χ3v) is 23.1. The van der Waals surface area contributed by atoms with Crippen molar-refractivity contribution < 1.29 is 90.5 Å². The molecule has 0 rings (SSSR count). The maximum atomic E-state index is 13.4. The number of rotatable bonds is 109. The lowest BCUT2D eigenvalue weighted by Crippen LogP contribution is -2.47. The summed E-state index contributed by atoms with van der Waals surface area (Å²) in [6.07, 6.45) is 64.6. The van der Waals surface area contributed by atoms with Crippen LogP contribution >= 0.6 is 0 Å². The summed E-state index contributed by atoms with van der Waals surface area (Å²) in [6.45, 7) is 21.0. The molecule has 0 radical (unpaired) electrons. The molecule has 766 valence electrons. The van der Waals surface area contributed by atoms with Gasteiger partial charge in [-0.15, -0.1) is 0 Å². The Balaban J connectivity index is 3.96. The summed E-state index contributed by atoms with van der Waals surface area (Å²) in [5.74, 6) is -0.531. The average Bonchev–Trinajstić information content (AvgIpc) is 0.923. The highest BCUT2D eigenvalue weighted by atomic mass is 16.6. The molecule has 0 saturated carbocycles. The molecule has 0 spiro atoms. The number of nitrogens with one attached hydrogen (secondary N) is 8. The second kappa shape index (κ2) is 106. The molecule has 0 saturated heterocycles. The number of carbonyl (C=O) groups excluding carboxylic acids is 8. The highest BCUT2D eigenvalue weighted by Gasteiger charge is 2.22. The van der Waals surface area contributed by atoms with Gasteiger partial charge in [-0.05, 0) is 89.9 Å². The molecule has 0 unspecified atom stereocenters. The Hall–Kier alpha value is -4.68. The van der Waals surface area contributed by atoms with Crippen molar-refractivity contribution >= 4 is 47.3 Å². The van der Waals surface area contributed by atoms with Crippen LogP contribution < -0.4 is 42.5 Å². The summed E-state index contributed by atoms with van der Waals surface area (Å²) in [6, 6.07) is -1.24. The van der Waals surface area contributed by atoms with Crippen molar-refractivity contribution in [1.29, 1.82) is 0 Å². The standard InChI is InChI=1S/C103H200N8O19/c1-5-9-13-17-21-25-29-33-35-39-43-47-61-97(113)105-67-53-51-59-95(111-101(117)63-49-45-41-37-32-28-24-20-16-12-8-4)103(119)109-71-57-75-123-81-87-127-85-79-121-73-55-69-107-99(115)65-77-125-83-89-129-91-93-130-92-90-128-88-82-124-76-64-98(114)106-68-54-72-120-78-84-126-86-80-122-74-56-70-108-102(118)94(110-100(116)62-48-44-40-36-31-27-23-19-15-11-7-3)58-50-52-66-104-96(112)60-46-42-38-34-30-26-22-18-14-10-6-2/h94-95H,5-93H2,1-4H3,(H,104,112)(H,105,113)(H,106,114)(H,107,115)(H,108,118)(H,109,119)(H,110,116)(H,111,117)/t94-,95-/m1/s1. The molecule has 0 heterocycles. The Morgan fingerprint density at radius 2 is 0.331 bits per heavy atom. The molecule has 27 nitrogen and oxygen atoms in total. The summed E-state index contributed by atoms with van der Waals surface area (Å²) < 4.78 is 61.9. The second-order valence-corrected chi connectivity index (χ2v) is 35.4. The zero-order chi connectivity index (χ0) is 94.1. The zero-order valence-corrected chi connectivity index (χ0v) is 83.8. The van der Waals surface area contributed by atoms with E-state index < -0.39 is 12.1 Å². The lowest BCUT2D eigenvalue weighted by Gasteiger charge is -2.19. The van der Waals surface area contributed by atoms with Gasteiger partial charge in [0.25, 0.3) is 0 Å². The first-order valence-electron chi connectivity index (χ1n) is 53.5. The van der Waals surface area contributed by atoms with Crippen molar-refractivity contribution in [3.05, 3.63) is 0 Å². The molecule has 0 aliphatic carbocycles. The van der Waals surface area contributed by atoms with Crippen molar-refractivity contribution in [2.45, 2.75) is 431 Å². The van der Waals surface area contributed by atoms with Gasteiger partial charge in [0.1, 0.15) is 12.1 Å². The number of carbonyl (C=O) groups is 8. The molecule has 0 aliphatic rings. The first-order chi connectivity index (χ1) is 64.0. The first-order valence-corrected chi connectivity index (χ1v) is 53.5. The van der Waals surface area contributed by atoms with Crippen molar-refractivity contribution in [2.24, 2.45) is 0 Å². The number of ether oxygens (including phenoxy) is 11. The van der Waals surface area contributed by atoms with E-state index in [-0.39, 0.29) is 60.1 Å². The number of unbranched alkanes of at least 4 members (excludes halogenated alkanes) is 43. The van der Waals surface area contributed by atoms with Crippen LogP contribution in [0.5, 0.6) is 0 Å². The predicted octanol–water partition coefficient (Wildman–Crippen LogP) is 18.7. The maximum Gasteiger partial charge on any atom is 0.242 e. The van der Waals surface area contributed by atoms with Crippen LogP contribution in [0.25, 0.3) is 0 Å². The lowest BCUT2D eigenvalue weighted by atomic mass is 10.0. The summed E-state index contributed by atoms with van der Waals surface area (Å²) in [4.78, 5) is 102. The van der Waals surface area contributed by atoms with Crippen molar-refractivity contribution in [1.82, 2.24) is 42.5 Å². The van der Waals surface area contributed by atoms with Crippen LogP contribution in [0.2, 0.25) is 0 Å². The SMILES string of the molecule is CCCCCCCCCCCCCCC(=O)NCCCC[C@@H](NC(=O)CCCCCCCCCCCCC)C(=O)NCCCOCCOCCOCCCNC(=O)CCOCCOCCOCCOCCOCCC(=O)NCCCOCCOCCOCCCNC(=O)[C@@H](CCCCNC(=O)CCCCCCCCCCCCC)NC(=O)CCCCCCCCCCCCC. The molecule has 0 bridgehead atoms. The van der Waals surface area contributed by atoms with E-state index in [0.29, 0.717) is 262 Å². The van der Waals surface area contributed by atoms with E-state index in [4.69, 9.17) is 52.1 Å². The third kappa shape index (κ3) is 99.3. The third-order valence-electron chi connectivity index (χ3n) is 23.1. The molecule has 2 atom stereocenters. The first kappa shape index (κ1) is 125. The largest absolute Gasteiger partial charge is 0.379 e. The number of hydrogen-bond acceptors (Lipinski definition) is 19. The van der Waals surface area contributed by atoms with E-state index in [1.165, 1.54) is 225 Å². The van der Waals surface area contributed by atoms with Gasteiger partial charge in [-0.2, -0.15) is 0 Å². The minimum absolute atomic E-state index is 0.0829. The Bertz CT molecular complexity index is 2450. The predicted molar refractivity (Wildman–Crippen MR) is 525 cm³/mol. The van der Waals surface area contributed by atoms with Gasteiger partial charge in [-0.25, -0.2) is 0 Å². The van der Waals surface area contributed by atoms with Gasteiger partial charge in [0, 0.05) is 104 Å². The van der Waals surface area contributed by atoms with E-state index in [0.717, 1.165) is 77.0 Å². The molecule has 8 N–H and O–H groups in total. The van der Waals surface area contributed by atoms with Crippen LogP contribution in [0.15, 0.2) is 0 Å². The van der Waals surface area contributed by atoms with Gasteiger partial charge in [0.15, 0.2) is 0 Å². The molecule has 0 aliphatic heterocycles. The van der Waals surface area contributed by atoms with Gasteiger partial charge in [0.05, 0.1) is 119 Å². The van der Waals surface area contributed by atoms with Crippen molar-refractivity contribution in [3.8, 4) is 0 Å². The Morgan fingerprint density at radius 1 is 0.162 bits per heavy atom. The fourth-order valence-corrected chi connectivity index (χ4v) is 15.0. The van der Waals surface area contributed by atoms with E-state index in [2.05, 4.69) is 70.2 Å². The lowest BCUT2D eigenvalue weighted by molar-refractivity contribution is -0.129. The molecular formula is C103H200N8O19. The zero-order valence-electron chi connectivity index (χ0n) is 83.8. The van der Waals surface area contributed by atoms with Gasteiger partial charge in [-0.1, -0.05) is 291 Å². The molecule has 0 aromatic carbocycles. The monoisotopic (exact) mass is 1850 g/mol. The average molecular weight is 1850 g/mol. The summed E-state index contributed by atoms with van der Waals surface area (Å²) in [5, 5.41) is 23.9. The van der Waals surface area contributed by atoms with Crippen LogP contribution in [0, 0.1) is 0 Å². The Labute approximate surface area is 792 Å². The van der Waals surface area contributed by atoms with Crippen LogP contribution in [0.4, 0.5) is 0 Å². The topological polar surface area (TPSA) is 334 Å². The minimum Gasteiger partial charge on any atom is -0.379 e. The van der Waals surface area contributed by atoms with Gasteiger partial charge < -0.3 is 94.6 Å². The Morgan fingerprint density at radius 3 is 0.554 bits per heavy atom. The normalized spacial score (nSPS) is 11.9. The van der Waals surface area contributed by atoms with E-state index >= 15 is 0 Å². The molecular weight excluding hydrogens is 1650 g/mol. The fraction of sp³-hybridized carbons (Fsp3) is 0.922. The highest BCUT2D eigenvalue weighted by molar-refractivity contribution is 5.88. The Kier molecular flexibility index (Phi) is 103. The molecule has 0 aromatic rings. The fourth-order valence-electron chi connectivity index (χ4n) is 15.0. The highest BCUT2D eigenvalue weighted by Crippen LogP contribution is 2.18. The van der Waals surface area contributed by atoms with Crippen LogP contribution in [-0.2, 0) is 90.5 Å². The smallest absolute Gasteiger partial charge is 0.242 e. The number of hydrogen-bond donors (Lipinski definition) is 8. The molecule has 8 amide bonds. The van der Waals surface area contributed by atoms with Gasteiger partial charge >= 0.3 is 0 Å². The summed E-state index contributed by atoms with van der Waals surface area (Å²) in [5.41, 5.74) is 0. The van der Waals surface area contributed by atoms with Gasteiger partial charge in [-0.3, -0.25) is 38.4 Å². The van der Waals surface area contributed by atoms with Gasteiger partial charge in [0.2, 0.25) is 47.3 Å². The molecule has 130 heavy (non-hydrogen) atoms. The van der Waals surface area contributed by atoms with Crippen LogP contribution in [-0.4, -0.2) is 244 Å². The minimum atomic E-state index is -0.620. The summed E-state index contributed by atoms with van der Waals surface area (Å²) in [7, 11) is 0. The van der Waals surface area contributed by atoms with E-state index in [1.54, 1.807) is 0 Å². The van der Waals surface area contributed by atoms with Crippen LogP contribution in [0.3, 0.4) is 0 Å². The molecule has 27 heteroatoms. The second-order valence-electron chi connectivity index (χ2n) is 35.4. The van der Waals surface area contributed by atoms with Crippen molar-refractivity contribution in [3.63, 3.8) is 0 Å². The van der Waals surface area contributed by atoms with Crippen LogP contribution in [0.1, 0.15) is 419 Å². The van der Waals surface area contributed by atoms with Crippen molar-refractivity contribution in [2.75, 3.05) is 185 Å². The summed E-state index contributed by atoms with van der Waals surface area (Å²) >= 11 is 0. The number of amides is 8. The maximum absolute atomic E-state index is 13.4. The molecule has 0 fully saturated rings. The van der Waals surface area contributed by atoms with E-state index in [1.807, 2.05) is 0 Å².